The third kappa shape index (κ3) is 4.40. The number of aliphatic hydroxyl groups excluding tert-OH is 1. The summed E-state index contributed by atoms with van der Waals surface area (Å²) in [5.74, 6) is -0.314. The van der Waals surface area contributed by atoms with Crippen molar-refractivity contribution in [1.82, 2.24) is 5.32 Å². The molecule has 3 unspecified atom stereocenters. The second-order valence-electron chi connectivity index (χ2n) is 4.32. The number of ether oxygens (including phenoxy) is 1. The highest BCUT2D eigenvalue weighted by molar-refractivity contribution is 7.10. The van der Waals surface area contributed by atoms with Crippen LogP contribution in [0.5, 0.6) is 0 Å². The molecule has 102 valence electrons. The van der Waals surface area contributed by atoms with Crippen LogP contribution in [-0.2, 0) is 9.53 Å². The van der Waals surface area contributed by atoms with Crippen molar-refractivity contribution in [3.8, 4) is 0 Å². The highest BCUT2D eigenvalue weighted by Crippen LogP contribution is 2.24. The lowest BCUT2D eigenvalue weighted by atomic mass is 10.0. The van der Waals surface area contributed by atoms with Crippen molar-refractivity contribution in [3.63, 3.8) is 0 Å². The molecule has 0 aromatic carbocycles. The first-order valence-corrected chi connectivity index (χ1v) is 7.00. The molecule has 0 saturated carbocycles. The van der Waals surface area contributed by atoms with E-state index in [2.05, 4.69) is 17.0 Å². The first kappa shape index (κ1) is 15.1. The van der Waals surface area contributed by atoms with Crippen molar-refractivity contribution in [2.75, 3.05) is 7.11 Å². The molecule has 0 aliphatic carbocycles. The third-order valence-electron chi connectivity index (χ3n) is 2.94. The molecule has 3 atom stereocenters. The van der Waals surface area contributed by atoms with Gasteiger partial charge in [0.1, 0.15) is 6.10 Å². The Kier molecular flexibility index (Phi) is 6.32. The minimum Gasteiger partial charge on any atom is -0.469 e. The van der Waals surface area contributed by atoms with Crippen LogP contribution in [0.3, 0.4) is 0 Å². The molecule has 1 rings (SSSR count). The SMILES string of the molecule is CCC(C)NC(CC(=O)OC)C(O)c1cccs1. The lowest BCUT2D eigenvalue weighted by molar-refractivity contribution is -0.142. The van der Waals surface area contributed by atoms with Crippen molar-refractivity contribution < 1.29 is 14.6 Å². The maximum Gasteiger partial charge on any atom is 0.307 e. The van der Waals surface area contributed by atoms with Crippen molar-refractivity contribution in [2.45, 2.75) is 44.9 Å². The fourth-order valence-electron chi connectivity index (χ4n) is 1.67. The Morgan fingerprint density at radius 3 is 2.83 bits per heavy atom. The Morgan fingerprint density at radius 2 is 2.33 bits per heavy atom. The minimum atomic E-state index is -0.682. The summed E-state index contributed by atoms with van der Waals surface area (Å²) in [6.07, 6.45) is 0.424. The minimum absolute atomic E-state index is 0.167. The lowest BCUT2D eigenvalue weighted by Crippen LogP contribution is -2.41. The summed E-state index contributed by atoms with van der Waals surface area (Å²) in [5.41, 5.74) is 0. The van der Waals surface area contributed by atoms with Gasteiger partial charge in [0, 0.05) is 17.0 Å². The van der Waals surface area contributed by atoms with Gasteiger partial charge >= 0.3 is 5.97 Å². The second kappa shape index (κ2) is 7.51. The number of carbonyl (C=O) groups excluding carboxylic acids is 1. The molecular weight excluding hydrogens is 250 g/mol. The Labute approximate surface area is 112 Å². The van der Waals surface area contributed by atoms with Crippen molar-refractivity contribution in [2.24, 2.45) is 0 Å². The van der Waals surface area contributed by atoms with Gasteiger partial charge in [-0.25, -0.2) is 0 Å². The number of nitrogens with one attached hydrogen (secondary N) is 1. The number of thiophene rings is 1. The van der Waals surface area contributed by atoms with Crippen LogP contribution in [0.1, 0.15) is 37.7 Å². The summed E-state index contributed by atoms with van der Waals surface area (Å²) in [7, 11) is 1.36. The number of rotatable bonds is 7. The van der Waals surface area contributed by atoms with Gasteiger partial charge in [-0.05, 0) is 24.8 Å². The van der Waals surface area contributed by atoms with E-state index in [4.69, 9.17) is 0 Å². The zero-order chi connectivity index (χ0) is 13.5. The molecule has 0 radical (unpaired) electrons. The van der Waals surface area contributed by atoms with E-state index in [0.717, 1.165) is 11.3 Å². The topological polar surface area (TPSA) is 58.6 Å². The van der Waals surface area contributed by atoms with Gasteiger partial charge in [0.15, 0.2) is 0 Å². The van der Waals surface area contributed by atoms with Gasteiger partial charge in [0.05, 0.1) is 13.5 Å². The lowest BCUT2D eigenvalue weighted by Gasteiger charge is -2.25. The summed E-state index contributed by atoms with van der Waals surface area (Å²) < 4.78 is 4.68. The van der Waals surface area contributed by atoms with E-state index < -0.39 is 6.10 Å². The van der Waals surface area contributed by atoms with Crippen LogP contribution in [0.2, 0.25) is 0 Å². The Morgan fingerprint density at radius 1 is 1.61 bits per heavy atom. The average molecular weight is 271 g/mol. The molecule has 2 N–H and O–H groups in total. The molecule has 1 aromatic heterocycles. The van der Waals surface area contributed by atoms with Crippen LogP contribution >= 0.6 is 11.3 Å². The zero-order valence-corrected chi connectivity index (χ0v) is 11.9. The number of hydrogen-bond acceptors (Lipinski definition) is 5. The molecule has 0 bridgehead atoms. The summed E-state index contributed by atoms with van der Waals surface area (Å²) in [4.78, 5) is 12.3. The van der Waals surface area contributed by atoms with Crippen LogP contribution in [0.15, 0.2) is 17.5 Å². The maximum atomic E-state index is 11.4. The van der Waals surface area contributed by atoms with Crippen molar-refractivity contribution in [3.05, 3.63) is 22.4 Å². The van der Waals surface area contributed by atoms with Gasteiger partial charge in [0.2, 0.25) is 0 Å². The monoisotopic (exact) mass is 271 g/mol. The van der Waals surface area contributed by atoms with Gasteiger partial charge in [-0.2, -0.15) is 0 Å². The fourth-order valence-corrected chi connectivity index (χ4v) is 2.44. The van der Waals surface area contributed by atoms with Crippen molar-refractivity contribution >= 4 is 17.3 Å². The Hall–Kier alpha value is -0.910. The van der Waals surface area contributed by atoms with Gasteiger partial charge < -0.3 is 15.2 Å². The molecule has 0 saturated heterocycles. The fraction of sp³-hybridized carbons (Fsp3) is 0.615. The van der Waals surface area contributed by atoms with E-state index in [-0.39, 0.29) is 24.5 Å². The predicted molar refractivity (Wildman–Crippen MR) is 72.6 cm³/mol. The molecule has 0 amide bonds. The van der Waals surface area contributed by atoms with Crippen LogP contribution in [-0.4, -0.2) is 30.3 Å². The zero-order valence-electron chi connectivity index (χ0n) is 11.1. The Balaban J connectivity index is 2.72. The van der Waals surface area contributed by atoms with Gasteiger partial charge in [-0.1, -0.05) is 13.0 Å². The molecule has 1 aromatic rings. The molecule has 0 aliphatic heterocycles. The first-order valence-electron chi connectivity index (χ1n) is 6.12. The van der Waals surface area contributed by atoms with E-state index >= 15 is 0 Å². The van der Waals surface area contributed by atoms with Crippen LogP contribution in [0, 0.1) is 0 Å². The number of esters is 1. The highest BCUT2D eigenvalue weighted by atomic mass is 32.1. The molecule has 18 heavy (non-hydrogen) atoms. The van der Waals surface area contributed by atoms with E-state index in [0.29, 0.717) is 0 Å². The molecule has 1 heterocycles. The largest absolute Gasteiger partial charge is 0.469 e. The van der Waals surface area contributed by atoms with Gasteiger partial charge in [-0.15, -0.1) is 11.3 Å². The van der Waals surface area contributed by atoms with E-state index in [9.17, 15) is 9.90 Å². The highest BCUT2D eigenvalue weighted by Gasteiger charge is 2.25. The van der Waals surface area contributed by atoms with E-state index in [1.54, 1.807) is 0 Å². The molecular formula is C13H21NO3S. The summed E-state index contributed by atoms with van der Waals surface area (Å²) in [6, 6.07) is 3.69. The molecule has 0 spiro atoms. The first-order chi connectivity index (χ1) is 8.58. The van der Waals surface area contributed by atoms with E-state index in [1.165, 1.54) is 18.4 Å². The number of carbonyl (C=O) groups is 1. The molecule has 4 nitrogen and oxygen atoms in total. The number of methoxy groups -OCH3 is 1. The second-order valence-corrected chi connectivity index (χ2v) is 5.30. The summed E-state index contributed by atoms with van der Waals surface area (Å²) in [6.45, 7) is 4.09. The number of hydrogen-bond donors (Lipinski definition) is 2. The quantitative estimate of drug-likeness (QED) is 0.746. The third-order valence-corrected chi connectivity index (χ3v) is 3.88. The summed E-state index contributed by atoms with van der Waals surface area (Å²) >= 11 is 1.49. The van der Waals surface area contributed by atoms with Crippen LogP contribution < -0.4 is 5.32 Å². The molecule has 0 fully saturated rings. The van der Waals surface area contributed by atoms with Gasteiger partial charge in [0.25, 0.3) is 0 Å². The molecule has 5 heteroatoms. The Bertz CT molecular complexity index is 353. The van der Waals surface area contributed by atoms with Crippen molar-refractivity contribution in [1.29, 1.82) is 0 Å². The van der Waals surface area contributed by atoms with Gasteiger partial charge in [-0.3, -0.25) is 4.79 Å². The summed E-state index contributed by atoms with van der Waals surface area (Å²) in [5, 5.41) is 15.5. The maximum absolute atomic E-state index is 11.4. The van der Waals surface area contributed by atoms with Crippen LogP contribution in [0.4, 0.5) is 0 Å². The average Bonchev–Trinajstić information content (AvgIpc) is 2.90. The van der Waals surface area contributed by atoms with E-state index in [1.807, 2.05) is 24.4 Å². The normalized spacial score (nSPS) is 16.0. The standard InChI is InChI=1S/C13H21NO3S/c1-4-9(2)14-10(8-12(15)17-3)13(16)11-6-5-7-18-11/h5-7,9-10,13-14,16H,4,8H2,1-3H3. The number of aliphatic hydroxyl groups is 1. The predicted octanol–water partition coefficient (Wildman–Crippen LogP) is 2.10. The smallest absolute Gasteiger partial charge is 0.307 e. The molecule has 0 aliphatic rings. The van der Waals surface area contributed by atoms with Crippen LogP contribution in [0.25, 0.3) is 0 Å².